The molecule has 1 N–H and O–H groups in total. The third-order valence-corrected chi connectivity index (χ3v) is 4.69. The second-order valence-corrected chi connectivity index (χ2v) is 6.74. The number of rotatable bonds is 13. The molecule has 30 heavy (non-hydrogen) atoms. The molecule has 0 aliphatic heterocycles. The van der Waals surface area contributed by atoms with Crippen LogP contribution in [0.25, 0.3) is 0 Å². The molecule has 0 fully saturated rings. The Morgan fingerprint density at radius 2 is 1.53 bits per heavy atom. The van der Waals surface area contributed by atoms with Crippen LogP contribution in [0.1, 0.15) is 55.8 Å². The van der Waals surface area contributed by atoms with Gasteiger partial charge in [0.25, 0.3) is 5.91 Å². The highest BCUT2D eigenvalue weighted by molar-refractivity contribution is 5.94. The summed E-state index contributed by atoms with van der Waals surface area (Å²) in [6, 6.07) is 8.01. The highest BCUT2D eigenvalue weighted by Gasteiger charge is 2.31. The van der Waals surface area contributed by atoms with Crippen molar-refractivity contribution < 1.29 is 33.4 Å². The summed E-state index contributed by atoms with van der Waals surface area (Å²) in [5.41, 5.74) is 0.453. The number of ether oxygens (including phenoxy) is 3. The van der Waals surface area contributed by atoms with Gasteiger partial charge in [-0.15, -0.1) is 0 Å². The molecule has 1 aromatic rings. The molecule has 0 aliphatic carbocycles. The van der Waals surface area contributed by atoms with Crippen molar-refractivity contribution in [3.8, 4) is 0 Å². The molecular weight excluding hydrogens is 390 g/mol. The van der Waals surface area contributed by atoms with Gasteiger partial charge in [0.15, 0.2) is 0 Å². The normalized spacial score (nSPS) is 12.4. The minimum absolute atomic E-state index is 0.0499. The molecule has 8 heteroatoms. The minimum atomic E-state index is -0.653. The first-order valence-electron chi connectivity index (χ1n) is 10.1. The number of carbonyl (C=O) groups excluding carboxylic acids is 4. The summed E-state index contributed by atoms with van der Waals surface area (Å²) in [7, 11) is 2.61. The van der Waals surface area contributed by atoms with Crippen molar-refractivity contribution in [2.24, 2.45) is 5.92 Å². The van der Waals surface area contributed by atoms with E-state index in [0.717, 1.165) is 0 Å². The predicted molar refractivity (Wildman–Crippen MR) is 110 cm³/mol. The van der Waals surface area contributed by atoms with Gasteiger partial charge >= 0.3 is 17.9 Å². The average Bonchev–Trinajstić information content (AvgIpc) is 2.76. The lowest BCUT2D eigenvalue weighted by atomic mass is 9.90. The van der Waals surface area contributed by atoms with Crippen molar-refractivity contribution in [1.82, 2.24) is 5.32 Å². The van der Waals surface area contributed by atoms with Crippen LogP contribution in [0.5, 0.6) is 0 Å². The molecule has 0 unspecified atom stereocenters. The number of amides is 1. The van der Waals surface area contributed by atoms with E-state index in [2.05, 4.69) is 10.1 Å². The number of carbonyl (C=O) groups is 4. The molecule has 0 heterocycles. The molecule has 0 aromatic heterocycles. The summed E-state index contributed by atoms with van der Waals surface area (Å²) in [6.07, 6.45) is 2.03. The number of unbranched alkanes of at least 4 members (excludes halogenated alkanes) is 1. The van der Waals surface area contributed by atoms with E-state index in [0.29, 0.717) is 24.8 Å². The summed E-state index contributed by atoms with van der Waals surface area (Å²) in [6.45, 7) is 1.91. The van der Waals surface area contributed by atoms with Crippen LogP contribution in [-0.4, -0.2) is 50.7 Å². The predicted octanol–water partition coefficient (Wildman–Crippen LogP) is 2.65. The first kappa shape index (κ1) is 25.1. The van der Waals surface area contributed by atoms with Crippen LogP contribution < -0.4 is 5.32 Å². The molecule has 0 spiro atoms. The molecule has 0 bridgehead atoms. The third-order valence-electron chi connectivity index (χ3n) is 4.69. The number of methoxy groups -OCH3 is 2. The zero-order valence-electron chi connectivity index (χ0n) is 17.8. The van der Waals surface area contributed by atoms with E-state index in [-0.39, 0.29) is 37.7 Å². The van der Waals surface area contributed by atoms with Crippen molar-refractivity contribution in [1.29, 1.82) is 0 Å². The highest BCUT2D eigenvalue weighted by Crippen LogP contribution is 2.21. The molecule has 0 radical (unpaired) electrons. The first-order chi connectivity index (χ1) is 14.4. The quantitative estimate of drug-likeness (QED) is 0.296. The number of benzene rings is 1. The van der Waals surface area contributed by atoms with Crippen molar-refractivity contribution in [3.05, 3.63) is 35.9 Å². The Kier molecular flexibility index (Phi) is 11.8. The van der Waals surface area contributed by atoms with E-state index in [1.54, 1.807) is 37.3 Å². The maximum absolute atomic E-state index is 12.7. The average molecular weight is 421 g/mol. The van der Waals surface area contributed by atoms with Crippen LogP contribution in [0.15, 0.2) is 30.3 Å². The Morgan fingerprint density at radius 3 is 2.13 bits per heavy atom. The zero-order valence-corrected chi connectivity index (χ0v) is 17.8. The summed E-state index contributed by atoms with van der Waals surface area (Å²) < 4.78 is 14.5. The summed E-state index contributed by atoms with van der Waals surface area (Å²) in [5.74, 6) is -2.18. The van der Waals surface area contributed by atoms with E-state index in [4.69, 9.17) is 9.47 Å². The van der Waals surface area contributed by atoms with Gasteiger partial charge in [-0.25, -0.2) is 0 Å². The molecule has 0 saturated carbocycles. The fourth-order valence-corrected chi connectivity index (χ4v) is 3.06. The summed E-state index contributed by atoms with van der Waals surface area (Å²) in [4.78, 5) is 48.3. The second kappa shape index (κ2) is 14.1. The Morgan fingerprint density at radius 1 is 0.900 bits per heavy atom. The largest absolute Gasteiger partial charge is 0.469 e. The number of hydrogen-bond donors (Lipinski definition) is 1. The van der Waals surface area contributed by atoms with Crippen LogP contribution in [0.4, 0.5) is 0 Å². The second-order valence-electron chi connectivity index (χ2n) is 6.74. The lowest BCUT2D eigenvalue weighted by Crippen LogP contribution is -2.44. The Bertz CT molecular complexity index is 690. The maximum Gasteiger partial charge on any atom is 0.311 e. The Balaban J connectivity index is 2.94. The van der Waals surface area contributed by atoms with Crippen LogP contribution in [0, 0.1) is 5.92 Å². The smallest absolute Gasteiger partial charge is 0.311 e. The van der Waals surface area contributed by atoms with Gasteiger partial charge in [0.05, 0.1) is 26.7 Å². The fourth-order valence-electron chi connectivity index (χ4n) is 3.06. The number of esters is 3. The Hall–Kier alpha value is -2.90. The van der Waals surface area contributed by atoms with E-state index >= 15 is 0 Å². The number of nitrogens with one attached hydrogen (secondary N) is 1. The monoisotopic (exact) mass is 421 g/mol. The third kappa shape index (κ3) is 9.07. The van der Waals surface area contributed by atoms with Gasteiger partial charge in [-0.05, 0) is 38.3 Å². The van der Waals surface area contributed by atoms with Gasteiger partial charge in [0.1, 0.15) is 0 Å². The minimum Gasteiger partial charge on any atom is -0.469 e. The fraction of sp³-hybridized carbons (Fsp3) is 0.545. The molecule has 8 nitrogen and oxygen atoms in total. The van der Waals surface area contributed by atoms with Crippen LogP contribution >= 0.6 is 0 Å². The van der Waals surface area contributed by atoms with Gasteiger partial charge in [-0.3, -0.25) is 19.2 Å². The number of hydrogen-bond acceptors (Lipinski definition) is 7. The first-order valence-corrected chi connectivity index (χ1v) is 10.1. The van der Waals surface area contributed by atoms with Gasteiger partial charge in [0, 0.05) is 24.4 Å². The molecule has 1 amide bonds. The zero-order chi connectivity index (χ0) is 22.4. The molecule has 0 saturated heterocycles. The summed E-state index contributed by atoms with van der Waals surface area (Å²) in [5, 5.41) is 2.87. The lowest BCUT2D eigenvalue weighted by molar-refractivity contribution is -0.150. The summed E-state index contributed by atoms with van der Waals surface area (Å²) >= 11 is 0. The van der Waals surface area contributed by atoms with E-state index in [9.17, 15) is 19.2 Å². The van der Waals surface area contributed by atoms with Gasteiger partial charge in [-0.1, -0.05) is 24.6 Å². The molecule has 1 aromatic carbocycles. The molecule has 0 aliphatic rings. The Labute approximate surface area is 177 Å². The topological polar surface area (TPSA) is 108 Å². The van der Waals surface area contributed by atoms with E-state index in [1.165, 1.54) is 14.2 Å². The van der Waals surface area contributed by atoms with Crippen LogP contribution in [0.3, 0.4) is 0 Å². The molecule has 2 atom stereocenters. The van der Waals surface area contributed by atoms with Gasteiger partial charge < -0.3 is 19.5 Å². The van der Waals surface area contributed by atoms with Gasteiger partial charge in [0.2, 0.25) is 0 Å². The molecular formula is C22H31NO7. The van der Waals surface area contributed by atoms with Crippen LogP contribution in [0.2, 0.25) is 0 Å². The van der Waals surface area contributed by atoms with Crippen molar-refractivity contribution >= 4 is 23.8 Å². The standard InChI is InChI=1S/C22H31NO7/c1-4-30-22(27)17(12-8-9-13-19(24)28-2)18(14-15-20(25)29-3)23-21(26)16-10-6-5-7-11-16/h5-7,10-11,17-18H,4,8-9,12-15H2,1-3H3,(H,23,26)/t17-,18+/m1/s1. The van der Waals surface area contributed by atoms with Crippen molar-refractivity contribution in [3.63, 3.8) is 0 Å². The molecule has 1 rings (SSSR count). The SMILES string of the molecule is CCOC(=O)[C@H](CCCCC(=O)OC)[C@H](CCC(=O)OC)NC(=O)c1ccccc1. The van der Waals surface area contributed by atoms with Crippen molar-refractivity contribution in [2.45, 2.75) is 51.5 Å². The highest BCUT2D eigenvalue weighted by atomic mass is 16.5. The van der Waals surface area contributed by atoms with E-state index in [1.807, 2.05) is 0 Å². The molecule has 166 valence electrons. The maximum atomic E-state index is 12.7. The van der Waals surface area contributed by atoms with E-state index < -0.39 is 23.9 Å². The van der Waals surface area contributed by atoms with Crippen LogP contribution in [-0.2, 0) is 28.6 Å². The van der Waals surface area contributed by atoms with Crippen molar-refractivity contribution in [2.75, 3.05) is 20.8 Å². The van der Waals surface area contributed by atoms with Gasteiger partial charge in [-0.2, -0.15) is 0 Å². The lowest BCUT2D eigenvalue weighted by Gasteiger charge is -2.26.